The Morgan fingerprint density at radius 2 is 2.00 bits per heavy atom. The Kier molecular flexibility index (Phi) is 4.95. The van der Waals surface area contributed by atoms with Crippen molar-refractivity contribution in [3.63, 3.8) is 0 Å². The van der Waals surface area contributed by atoms with Gasteiger partial charge >= 0.3 is 0 Å². The molecule has 19 heavy (non-hydrogen) atoms. The second-order valence-electron chi connectivity index (χ2n) is 5.93. The van der Waals surface area contributed by atoms with E-state index in [0.29, 0.717) is 12.8 Å². The Morgan fingerprint density at radius 1 is 1.37 bits per heavy atom. The van der Waals surface area contributed by atoms with E-state index >= 15 is 0 Å². The van der Waals surface area contributed by atoms with Crippen molar-refractivity contribution in [2.24, 2.45) is 5.73 Å². The van der Waals surface area contributed by atoms with Gasteiger partial charge in [-0.1, -0.05) is 6.07 Å². The predicted molar refractivity (Wildman–Crippen MR) is 81.6 cm³/mol. The molecule has 1 amide bonds. The van der Waals surface area contributed by atoms with Crippen LogP contribution in [0.5, 0.6) is 0 Å². The number of nitrogens with two attached hydrogens (primary N) is 1. The average molecular weight is 263 g/mol. The summed E-state index contributed by atoms with van der Waals surface area (Å²) in [4.78, 5) is 13.9. The van der Waals surface area contributed by atoms with Crippen LogP contribution in [0.3, 0.4) is 0 Å². The van der Waals surface area contributed by atoms with E-state index in [1.165, 1.54) is 5.56 Å². The van der Waals surface area contributed by atoms with Crippen molar-refractivity contribution in [1.29, 1.82) is 0 Å². The molecule has 1 rings (SSSR count). The molecule has 0 radical (unpaired) electrons. The summed E-state index contributed by atoms with van der Waals surface area (Å²) >= 11 is 0. The van der Waals surface area contributed by atoms with E-state index in [0.717, 1.165) is 11.4 Å². The zero-order valence-corrected chi connectivity index (χ0v) is 12.6. The minimum atomic E-state index is -0.306. The quantitative estimate of drug-likeness (QED) is 0.858. The van der Waals surface area contributed by atoms with Crippen LogP contribution in [0.2, 0.25) is 0 Å². The lowest BCUT2D eigenvalue weighted by molar-refractivity contribution is -0.116. The van der Waals surface area contributed by atoms with Crippen LogP contribution in [0.15, 0.2) is 18.2 Å². The number of carbonyl (C=O) groups excluding carboxylic acids is 1. The second kappa shape index (κ2) is 6.06. The first kappa shape index (κ1) is 15.5. The van der Waals surface area contributed by atoms with Crippen LogP contribution < -0.4 is 16.0 Å². The average Bonchev–Trinajstić information content (AvgIpc) is 2.28. The molecule has 4 nitrogen and oxygen atoms in total. The first-order valence-corrected chi connectivity index (χ1v) is 6.56. The van der Waals surface area contributed by atoms with E-state index in [-0.39, 0.29) is 11.4 Å². The Balaban J connectivity index is 2.67. The van der Waals surface area contributed by atoms with Gasteiger partial charge in [-0.3, -0.25) is 4.79 Å². The van der Waals surface area contributed by atoms with Gasteiger partial charge in [-0.05, 0) is 44.9 Å². The van der Waals surface area contributed by atoms with Crippen molar-refractivity contribution < 1.29 is 4.79 Å². The number of amides is 1. The highest BCUT2D eigenvalue weighted by molar-refractivity contribution is 5.91. The first-order chi connectivity index (χ1) is 8.69. The maximum atomic E-state index is 11.8. The van der Waals surface area contributed by atoms with E-state index in [4.69, 9.17) is 5.73 Å². The van der Waals surface area contributed by atoms with Gasteiger partial charge in [0.05, 0.1) is 0 Å². The molecule has 3 N–H and O–H groups in total. The summed E-state index contributed by atoms with van der Waals surface area (Å²) in [6, 6.07) is 5.92. The number of benzene rings is 1. The van der Waals surface area contributed by atoms with Crippen LogP contribution in [0.25, 0.3) is 0 Å². The fourth-order valence-electron chi connectivity index (χ4n) is 1.83. The Labute approximate surface area is 116 Å². The van der Waals surface area contributed by atoms with Crippen LogP contribution >= 0.6 is 0 Å². The van der Waals surface area contributed by atoms with Crippen LogP contribution in [0.4, 0.5) is 11.4 Å². The van der Waals surface area contributed by atoms with Crippen LogP contribution in [0.1, 0.15) is 32.3 Å². The van der Waals surface area contributed by atoms with Crippen molar-refractivity contribution >= 4 is 17.3 Å². The molecule has 0 saturated carbocycles. The molecule has 1 aromatic rings. The standard InChI is InChI=1S/C15H25N3O/c1-11-6-7-12(10-13(11)18(4)5)17-14(19)8-9-15(2,3)16/h6-7,10H,8-9,16H2,1-5H3,(H,17,19). The third-order valence-electron chi connectivity index (χ3n) is 2.97. The summed E-state index contributed by atoms with van der Waals surface area (Å²) in [6.07, 6.45) is 1.11. The minimum absolute atomic E-state index is 0.00656. The summed E-state index contributed by atoms with van der Waals surface area (Å²) in [6.45, 7) is 5.91. The third kappa shape index (κ3) is 5.30. The number of aryl methyl sites for hydroxylation is 1. The van der Waals surface area contributed by atoms with E-state index < -0.39 is 0 Å². The first-order valence-electron chi connectivity index (χ1n) is 6.56. The zero-order valence-electron chi connectivity index (χ0n) is 12.6. The molecule has 0 aliphatic carbocycles. The predicted octanol–water partition coefficient (Wildman–Crippen LogP) is 2.52. The number of nitrogens with zero attached hydrogens (tertiary/aromatic N) is 1. The largest absolute Gasteiger partial charge is 0.377 e. The monoisotopic (exact) mass is 263 g/mol. The van der Waals surface area contributed by atoms with Crippen LogP contribution in [-0.2, 0) is 4.79 Å². The van der Waals surface area contributed by atoms with E-state index in [1.807, 2.05) is 51.0 Å². The van der Waals surface area contributed by atoms with Crippen molar-refractivity contribution in [3.8, 4) is 0 Å². The molecule has 0 aliphatic rings. The minimum Gasteiger partial charge on any atom is -0.377 e. The molecule has 106 valence electrons. The van der Waals surface area contributed by atoms with E-state index in [2.05, 4.69) is 12.2 Å². The summed E-state index contributed by atoms with van der Waals surface area (Å²) < 4.78 is 0. The molecular weight excluding hydrogens is 238 g/mol. The molecule has 0 spiro atoms. The number of rotatable bonds is 5. The molecule has 0 aliphatic heterocycles. The topological polar surface area (TPSA) is 58.4 Å². The molecule has 0 atom stereocenters. The van der Waals surface area contributed by atoms with Crippen molar-refractivity contribution in [2.45, 2.75) is 39.2 Å². The van der Waals surface area contributed by atoms with Gasteiger partial charge in [-0.25, -0.2) is 0 Å². The smallest absolute Gasteiger partial charge is 0.224 e. The number of hydrogen-bond donors (Lipinski definition) is 2. The zero-order chi connectivity index (χ0) is 14.6. The number of carbonyl (C=O) groups is 1. The number of anilines is 2. The lowest BCUT2D eigenvalue weighted by Gasteiger charge is -2.19. The molecule has 0 unspecified atom stereocenters. The fraction of sp³-hybridized carbons (Fsp3) is 0.533. The number of nitrogens with one attached hydrogen (secondary N) is 1. The molecule has 0 saturated heterocycles. The molecule has 4 heteroatoms. The SMILES string of the molecule is Cc1ccc(NC(=O)CCC(C)(C)N)cc1N(C)C. The molecule has 0 heterocycles. The molecule has 0 fully saturated rings. The van der Waals surface area contributed by atoms with Gasteiger partial charge in [0.1, 0.15) is 0 Å². The number of hydrogen-bond acceptors (Lipinski definition) is 3. The normalized spacial score (nSPS) is 11.3. The van der Waals surface area contributed by atoms with Crippen molar-refractivity contribution in [2.75, 3.05) is 24.3 Å². The van der Waals surface area contributed by atoms with Gasteiger partial charge in [0, 0.05) is 37.4 Å². The third-order valence-corrected chi connectivity index (χ3v) is 2.97. The van der Waals surface area contributed by atoms with Gasteiger partial charge in [-0.2, -0.15) is 0 Å². The summed E-state index contributed by atoms with van der Waals surface area (Å²) in [7, 11) is 3.98. The van der Waals surface area contributed by atoms with Gasteiger partial charge < -0.3 is 16.0 Å². The Hall–Kier alpha value is -1.55. The summed E-state index contributed by atoms with van der Waals surface area (Å²) in [5.41, 5.74) is 8.69. The molecule has 0 bridgehead atoms. The molecular formula is C15H25N3O. The fourth-order valence-corrected chi connectivity index (χ4v) is 1.83. The highest BCUT2D eigenvalue weighted by Gasteiger charge is 2.13. The van der Waals surface area contributed by atoms with Crippen molar-refractivity contribution in [1.82, 2.24) is 0 Å². The Bertz CT molecular complexity index is 447. The lowest BCUT2D eigenvalue weighted by atomic mass is 10.00. The van der Waals surface area contributed by atoms with E-state index in [9.17, 15) is 4.79 Å². The highest BCUT2D eigenvalue weighted by Crippen LogP contribution is 2.22. The van der Waals surface area contributed by atoms with Gasteiger partial charge in [0.2, 0.25) is 5.91 Å². The van der Waals surface area contributed by atoms with Crippen LogP contribution in [-0.4, -0.2) is 25.5 Å². The second-order valence-corrected chi connectivity index (χ2v) is 5.93. The van der Waals surface area contributed by atoms with E-state index in [1.54, 1.807) is 0 Å². The van der Waals surface area contributed by atoms with Crippen LogP contribution in [0, 0.1) is 6.92 Å². The maximum absolute atomic E-state index is 11.8. The molecule has 0 aromatic heterocycles. The van der Waals surface area contributed by atoms with Gasteiger partial charge in [-0.15, -0.1) is 0 Å². The molecule has 1 aromatic carbocycles. The highest BCUT2D eigenvalue weighted by atomic mass is 16.1. The Morgan fingerprint density at radius 3 is 2.53 bits per heavy atom. The summed E-state index contributed by atoms with van der Waals surface area (Å²) in [5, 5.41) is 2.92. The van der Waals surface area contributed by atoms with Gasteiger partial charge in [0.15, 0.2) is 0 Å². The lowest BCUT2D eigenvalue weighted by Crippen LogP contribution is -2.33. The van der Waals surface area contributed by atoms with Crippen molar-refractivity contribution in [3.05, 3.63) is 23.8 Å². The van der Waals surface area contributed by atoms with Gasteiger partial charge in [0.25, 0.3) is 0 Å². The summed E-state index contributed by atoms with van der Waals surface area (Å²) in [5.74, 6) is 0.00656. The maximum Gasteiger partial charge on any atom is 0.224 e.